The number of halogens is 1. The van der Waals surface area contributed by atoms with Crippen molar-refractivity contribution in [2.75, 3.05) is 0 Å². The number of benzene rings is 1. The first-order chi connectivity index (χ1) is 15.0. The molecule has 4 fully saturated rings. The molecule has 1 aromatic heterocycles. The largest absolute Gasteiger partial charge is 0.425 e. The second kappa shape index (κ2) is 7.01. The molecule has 2 aromatic rings. The summed E-state index contributed by atoms with van der Waals surface area (Å²) in [5, 5.41) is 0. The van der Waals surface area contributed by atoms with Crippen LogP contribution in [0.25, 0.3) is 0 Å². The van der Waals surface area contributed by atoms with Crippen molar-refractivity contribution >= 4 is 11.5 Å². The van der Waals surface area contributed by atoms with Crippen molar-refractivity contribution in [2.24, 2.45) is 28.2 Å². The highest BCUT2D eigenvalue weighted by Crippen LogP contribution is 2.61. The van der Waals surface area contributed by atoms with Crippen LogP contribution in [0.5, 0.6) is 11.8 Å². The van der Waals surface area contributed by atoms with E-state index in [-0.39, 0.29) is 22.8 Å². The van der Waals surface area contributed by atoms with Crippen molar-refractivity contribution in [3.8, 4) is 11.8 Å². The van der Waals surface area contributed by atoms with Gasteiger partial charge in [-0.05, 0) is 87.0 Å². The summed E-state index contributed by atoms with van der Waals surface area (Å²) >= 11 is 0. The van der Waals surface area contributed by atoms with E-state index in [1.54, 1.807) is 16.7 Å². The summed E-state index contributed by atoms with van der Waals surface area (Å²) in [4.78, 5) is 23.1. The Morgan fingerprint density at radius 2 is 1.74 bits per heavy atom. The molecule has 6 heteroatoms. The average molecular weight is 422 g/mol. The summed E-state index contributed by atoms with van der Waals surface area (Å²) in [7, 11) is 0. The lowest BCUT2D eigenvalue weighted by Crippen LogP contribution is -2.50. The van der Waals surface area contributed by atoms with Gasteiger partial charge in [0.1, 0.15) is 11.6 Å². The summed E-state index contributed by atoms with van der Waals surface area (Å²) in [6, 6.07) is 6.03. The van der Waals surface area contributed by atoms with Gasteiger partial charge in [-0.3, -0.25) is 9.36 Å². The van der Waals surface area contributed by atoms with Gasteiger partial charge in [-0.1, -0.05) is 6.92 Å². The van der Waals surface area contributed by atoms with E-state index in [1.165, 1.54) is 56.4 Å². The van der Waals surface area contributed by atoms with Gasteiger partial charge in [-0.2, -0.15) is 4.98 Å². The minimum absolute atomic E-state index is 0.0487. The number of rotatable bonds is 5. The molecule has 2 heterocycles. The maximum absolute atomic E-state index is 13.4. The van der Waals surface area contributed by atoms with E-state index in [0.717, 1.165) is 24.2 Å². The third kappa shape index (κ3) is 3.14. The SMILES string of the molecule is CCCn1c(Oc2ccc(F)cc2)nc2c(c1=O)CC(C13CC4CC(CC(C4)C1)C3)=N2. The Kier molecular flexibility index (Phi) is 4.34. The van der Waals surface area contributed by atoms with Crippen molar-refractivity contribution in [1.82, 2.24) is 9.55 Å². The van der Waals surface area contributed by atoms with Crippen molar-refractivity contribution in [1.29, 1.82) is 0 Å². The highest BCUT2D eigenvalue weighted by molar-refractivity contribution is 5.97. The molecule has 1 aliphatic heterocycles. The molecule has 4 aliphatic carbocycles. The number of aromatic nitrogens is 2. The molecule has 5 nitrogen and oxygen atoms in total. The predicted octanol–water partition coefficient (Wildman–Crippen LogP) is 5.43. The van der Waals surface area contributed by atoms with Crippen molar-refractivity contribution in [2.45, 2.75) is 64.8 Å². The van der Waals surface area contributed by atoms with Crippen LogP contribution in [0.15, 0.2) is 34.1 Å². The second-order valence-electron chi connectivity index (χ2n) is 10.1. The van der Waals surface area contributed by atoms with Crippen LogP contribution in [0, 0.1) is 29.0 Å². The minimum Gasteiger partial charge on any atom is -0.425 e. The number of ether oxygens (including phenoxy) is 1. The predicted molar refractivity (Wildman–Crippen MR) is 117 cm³/mol. The number of aliphatic imine (C=N–C) groups is 1. The zero-order chi connectivity index (χ0) is 21.2. The van der Waals surface area contributed by atoms with Crippen molar-refractivity contribution in [3.63, 3.8) is 0 Å². The van der Waals surface area contributed by atoms with Gasteiger partial charge in [0.2, 0.25) is 0 Å². The van der Waals surface area contributed by atoms with E-state index >= 15 is 0 Å². The third-order valence-electron chi connectivity index (χ3n) is 7.91. The Labute approximate surface area is 181 Å². The normalized spacial score (nSPS) is 30.4. The van der Waals surface area contributed by atoms with Crippen LogP contribution in [0.1, 0.15) is 57.4 Å². The van der Waals surface area contributed by atoms with Gasteiger partial charge in [-0.25, -0.2) is 9.38 Å². The van der Waals surface area contributed by atoms with Crippen LogP contribution in [-0.2, 0) is 13.0 Å². The minimum atomic E-state index is -0.329. The molecule has 0 unspecified atom stereocenters. The molecular weight excluding hydrogens is 393 g/mol. The lowest BCUT2D eigenvalue weighted by atomic mass is 9.48. The number of nitrogens with zero attached hydrogens (tertiary/aromatic N) is 3. The number of fused-ring (bicyclic) bond motifs is 1. The summed E-state index contributed by atoms with van der Waals surface area (Å²) in [5.41, 5.74) is 2.03. The van der Waals surface area contributed by atoms with Gasteiger partial charge in [-0.15, -0.1) is 0 Å². The first kappa shape index (κ1) is 19.2. The quantitative estimate of drug-likeness (QED) is 0.647. The van der Waals surface area contributed by atoms with Crippen LogP contribution >= 0.6 is 0 Å². The van der Waals surface area contributed by atoms with Crippen LogP contribution in [0.4, 0.5) is 10.2 Å². The van der Waals surface area contributed by atoms with E-state index in [0.29, 0.717) is 30.1 Å². The van der Waals surface area contributed by atoms with Crippen LogP contribution in [0.2, 0.25) is 0 Å². The second-order valence-corrected chi connectivity index (χ2v) is 10.1. The van der Waals surface area contributed by atoms with Gasteiger partial charge in [0.25, 0.3) is 5.56 Å². The molecule has 5 aliphatic rings. The molecule has 0 spiro atoms. The molecule has 7 rings (SSSR count). The van der Waals surface area contributed by atoms with E-state index in [9.17, 15) is 9.18 Å². The first-order valence-corrected chi connectivity index (χ1v) is 11.7. The molecule has 0 atom stereocenters. The maximum Gasteiger partial charge on any atom is 0.306 e. The Morgan fingerprint density at radius 3 is 2.35 bits per heavy atom. The smallest absolute Gasteiger partial charge is 0.306 e. The van der Waals surface area contributed by atoms with Gasteiger partial charge in [0.05, 0.1) is 5.56 Å². The molecule has 0 radical (unpaired) electrons. The molecule has 1 aromatic carbocycles. The van der Waals surface area contributed by atoms with Crippen molar-refractivity contribution in [3.05, 3.63) is 46.0 Å². The zero-order valence-electron chi connectivity index (χ0n) is 17.9. The maximum atomic E-state index is 13.4. The molecule has 4 saturated carbocycles. The Balaban J connectivity index is 1.37. The highest BCUT2D eigenvalue weighted by atomic mass is 19.1. The molecule has 31 heavy (non-hydrogen) atoms. The van der Waals surface area contributed by atoms with E-state index in [1.807, 2.05) is 6.92 Å². The average Bonchev–Trinajstić information content (AvgIpc) is 3.17. The molecule has 0 amide bonds. The lowest BCUT2D eigenvalue weighted by Gasteiger charge is -2.56. The number of hydrogen-bond acceptors (Lipinski definition) is 4. The van der Waals surface area contributed by atoms with Gasteiger partial charge in [0.15, 0.2) is 5.82 Å². The first-order valence-electron chi connectivity index (χ1n) is 11.7. The van der Waals surface area contributed by atoms with E-state index in [4.69, 9.17) is 9.73 Å². The highest BCUT2D eigenvalue weighted by Gasteiger charge is 2.54. The zero-order valence-corrected chi connectivity index (χ0v) is 17.9. The van der Waals surface area contributed by atoms with Gasteiger partial charge >= 0.3 is 6.01 Å². The van der Waals surface area contributed by atoms with Crippen LogP contribution < -0.4 is 10.3 Å². The van der Waals surface area contributed by atoms with Crippen LogP contribution in [0.3, 0.4) is 0 Å². The van der Waals surface area contributed by atoms with Crippen LogP contribution in [-0.4, -0.2) is 15.3 Å². The monoisotopic (exact) mass is 421 g/mol. The molecule has 0 saturated heterocycles. The van der Waals surface area contributed by atoms with E-state index < -0.39 is 0 Å². The van der Waals surface area contributed by atoms with Crippen molar-refractivity contribution < 1.29 is 9.13 Å². The Morgan fingerprint density at radius 1 is 1.10 bits per heavy atom. The third-order valence-corrected chi connectivity index (χ3v) is 7.91. The fraction of sp³-hybridized carbons (Fsp3) is 0.560. The molecule has 0 N–H and O–H groups in total. The summed E-state index contributed by atoms with van der Waals surface area (Å²) in [5.74, 6) is 3.16. The molecule has 4 bridgehead atoms. The fourth-order valence-electron chi connectivity index (χ4n) is 7.02. The Hall–Kier alpha value is -2.50. The van der Waals surface area contributed by atoms with E-state index in [2.05, 4.69) is 4.98 Å². The molecular formula is C25H28FN3O2. The summed E-state index contributed by atoms with van der Waals surface area (Å²) in [6.07, 6.45) is 9.27. The topological polar surface area (TPSA) is 56.5 Å². The summed E-state index contributed by atoms with van der Waals surface area (Å²) in [6.45, 7) is 2.56. The Bertz CT molecular complexity index is 1080. The summed E-state index contributed by atoms with van der Waals surface area (Å²) < 4.78 is 20.8. The standard InChI is InChI=1S/C25H28FN3O2/c1-2-7-29-23(30)20-11-21(25-12-15-8-16(13-25)10-17(9-15)14-25)27-22(20)28-24(29)31-19-5-3-18(26)4-6-19/h3-6,15-17H,2,7-14H2,1H3. The number of hydrogen-bond donors (Lipinski definition) is 0. The van der Waals surface area contributed by atoms with Gasteiger partial charge < -0.3 is 4.74 Å². The molecule has 162 valence electrons. The van der Waals surface area contributed by atoms with Gasteiger partial charge in [0, 0.05) is 24.1 Å². The lowest BCUT2D eigenvalue weighted by molar-refractivity contribution is -0.0129. The fourth-order valence-corrected chi connectivity index (χ4v) is 7.02.